The molecular weight excluding hydrogens is 260 g/mol. The molecule has 0 bridgehead atoms. The van der Waals surface area contributed by atoms with Gasteiger partial charge in [-0.05, 0) is 49.3 Å². The average molecular weight is 288 g/mol. The predicted molar refractivity (Wildman–Crippen MR) is 88.8 cm³/mol. The standard InChI is InChI=1S/C18H28N2O/c1-13-5-4-6-15(11-13)9-10-20-18(21)16-8-7-14(2)12-17(16)19-3/h7-8,12-13,15,19H,4-6,9-11H2,1-3H3,(H,20,21). The molecule has 0 radical (unpaired) electrons. The lowest BCUT2D eigenvalue weighted by molar-refractivity contribution is 0.0950. The molecule has 21 heavy (non-hydrogen) atoms. The van der Waals surface area contributed by atoms with Crippen LogP contribution < -0.4 is 10.6 Å². The Morgan fingerprint density at radius 2 is 2.14 bits per heavy atom. The molecule has 0 spiro atoms. The summed E-state index contributed by atoms with van der Waals surface area (Å²) in [4.78, 5) is 12.3. The third-order valence-electron chi connectivity index (χ3n) is 4.57. The van der Waals surface area contributed by atoms with Gasteiger partial charge in [0.1, 0.15) is 0 Å². The smallest absolute Gasteiger partial charge is 0.253 e. The van der Waals surface area contributed by atoms with Crippen LogP contribution in [0.2, 0.25) is 0 Å². The third-order valence-corrected chi connectivity index (χ3v) is 4.57. The molecule has 3 nitrogen and oxygen atoms in total. The van der Waals surface area contributed by atoms with Gasteiger partial charge in [0, 0.05) is 19.3 Å². The van der Waals surface area contributed by atoms with Crippen LogP contribution in [0.25, 0.3) is 0 Å². The molecule has 0 heterocycles. The van der Waals surface area contributed by atoms with Crippen molar-refractivity contribution in [1.29, 1.82) is 0 Å². The Bertz CT molecular complexity index is 484. The highest BCUT2D eigenvalue weighted by atomic mass is 16.1. The molecule has 1 aromatic carbocycles. The van der Waals surface area contributed by atoms with Crippen LogP contribution in [0.3, 0.4) is 0 Å². The number of benzene rings is 1. The molecule has 116 valence electrons. The van der Waals surface area contributed by atoms with Gasteiger partial charge in [-0.1, -0.05) is 32.3 Å². The molecule has 1 amide bonds. The number of carbonyl (C=O) groups is 1. The van der Waals surface area contributed by atoms with Crippen molar-refractivity contribution < 1.29 is 4.79 Å². The first-order chi connectivity index (χ1) is 10.1. The zero-order chi connectivity index (χ0) is 15.2. The number of nitrogens with one attached hydrogen (secondary N) is 2. The van der Waals surface area contributed by atoms with Gasteiger partial charge in [0.05, 0.1) is 5.56 Å². The first-order valence-electron chi connectivity index (χ1n) is 8.16. The van der Waals surface area contributed by atoms with Crippen LogP contribution in [-0.2, 0) is 0 Å². The summed E-state index contributed by atoms with van der Waals surface area (Å²) in [5, 5.41) is 6.18. The van der Waals surface area contributed by atoms with Crippen LogP contribution in [0.4, 0.5) is 5.69 Å². The van der Waals surface area contributed by atoms with Gasteiger partial charge < -0.3 is 10.6 Å². The number of hydrogen-bond acceptors (Lipinski definition) is 2. The van der Waals surface area contributed by atoms with Crippen LogP contribution in [0.15, 0.2) is 18.2 Å². The Morgan fingerprint density at radius 1 is 1.33 bits per heavy atom. The monoisotopic (exact) mass is 288 g/mol. The van der Waals surface area contributed by atoms with E-state index in [1.807, 2.05) is 32.2 Å². The van der Waals surface area contributed by atoms with E-state index in [2.05, 4.69) is 17.6 Å². The van der Waals surface area contributed by atoms with Crippen LogP contribution in [0.1, 0.15) is 54.9 Å². The molecule has 2 rings (SSSR count). The summed E-state index contributed by atoms with van der Waals surface area (Å²) in [6.07, 6.45) is 6.48. The normalized spacial score (nSPS) is 21.9. The van der Waals surface area contributed by atoms with Gasteiger partial charge in [-0.25, -0.2) is 0 Å². The first-order valence-corrected chi connectivity index (χ1v) is 8.16. The number of amides is 1. The van der Waals surface area contributed by atoms with E-state index in [9.17, 15) is 4.79 Å². The van der Waals surface area contributed by atoms with Crippen LogP contribution in [0.5, 0.6) is 0 Å². The highest BCUT2D eigenvalue weighted by Gasteiger charge is 2.19. The van der Waals surface area contributed by atoms with Crippen molar-refractivity contribution in [3.05, 3.63) is 29.3 Å². The van der Waals surface area contributed by atoms with Crippen molar-refractivity contribution in [1.82, 2.24) is 5.32 Å². The lowest BCUT2D eigenvalue weighted by Gasteiger charge is -2.26. The maximum absolute atomic E-state index is 12.3. The zero-order valence-electron chi connectivity index (χ0n) is 13.5. The Labute approximate surface area is 128 Å². The van der Waals surface area contributed by atoms with Crippen molar-refractivity contribution in [3.8, 4) is 0 Å². The number of hydrogen-bond donors (Lipinski definition) is 2. The summed E-state index contributed by atoms with van der Waals surface area (Å²) < 4.78 is 0. The van der Waals surface area contributed by atoms with E-state index in [0.717, 1.165) is 41.6 Å². The van der Waals surface area contributed by atoms with Crippen molar-refractivity contribution in [2.75, 3.05) is 18.9 Å². The second-order valence-corrected chi connectivity index (χ2v) is 6.48. The Kier molecular flexibility index (Phi) is 5.66. The molecule has 2 unspecified atom stereocenters. The summed E-state index contributed by atoms with van der Waals surface area (Å²) in [6, 6.07) is 5.90. The highest BCUT2D eigenvalue weighted by molar-refractivity contribution is 5.99. The minimum absolute atomic E-state index is 0.0307. The van der Waals surface area contributed by atoms with Gasteiger partial charge in [0.25, 0.3) is 5.91 Å². The summed E-state index contributed by atoms with van der Waals surface area (Å²) in [5.74, 6) is 1.67. The van der Waals surface area contributed by atoms with E-state index in [1.54, 1.807) is 0 Å². The molecule has 0 saturated heterocycles. The van der Waals surface area contributed by atoms with Crippen molar-refractivity contribution >= 4 is 11.6 Å². The van der Waals surface area contributed by atoms with Crippen molar-refractivity contribution in [2.45, 2.75) is 46.0 Å². The number of carbonyl (C=O) groups excluding carboxylic acids is 1. The maximum Gasteiger partial charge on any atom is 0.253 e. The maximum atomic E-state index is 12.3. The van der Waals surface area contributed by atoms with Gasteiger partial charge >= 0.3 is 0 Å². The van der Waals surface area contributed by atoms with Gasteiger partial charge in [0.15, 0.2) is 0 Å². The molecule has 2 atom stereocenters. The molecule has 0 aromatic heterocycles. The van der Waals surface area contributed by atoms with E-state index < -0.39 is 0 Å². The van der Waals surface area contributed by atoms with Crippen LogP contribution in [-0.4, -0.2) is 19.5 Å². The van der Waals surface area contributed by atoms with Crippen LogP contribution >= 0.6 is 0 Å². The lowest BCUT2D eigenvalue weighted by atomic mass is 9.81. The van der Waals surface area contributed by atoms with E-state index in [0.29, 0.717) is 0 Å². The SMILES string of the molecule is CNc1cc(C)ccc1C(=O)NCCC1CCCC(C)C1. The summed E-state index contributed by atoms with van der Waals surface area (Å²) in [5.41, 5.74) is 2.80. The minimum Gasteiger partial charge on any atom is -0.387 e. The van der Waals surface area contributed by atoms with Gasteiger partial charge in [-0.3, -0.25) is 4.79 Å². The number of anilines is 1. The second kappa shape index (κ2) is 7.48. The molecule has 1 aliphatic rings. The van der Waals surface area contributed by atoms with Gasteiger partial charge in [-0.15, -0.1) is 0 Å². The zero-order valence-corrected chi connectivity index (χ0v) is 13.5. The van der Waals surface area contributed by atoms with E-state index in [-0.39, 0.29) is 5.91 Å². The largest absolute Gasteiger partial charge is 0.387 e. The molecular formula is C18H28N2O. The fraction of sp³-hybridized carbons (Fsp3) is 0.611. The summed E-state index contributed by atoms with van der Waals surface area (Å²) >= 11 is 0. The fourth-order valence-corrected chi connectivity index (χ4v) is 3.37. The van der Waals surface area contributed by atoms with Gasteiger partial charge in [-0.2, -0.15) is 0 Å². The first kappa shape index (κ1) is 15.9. The van der Waals surface area contributed by atoms with Crippen molar-refractivity contribution in [3.63, 3.8) is 0 Å². The lowest BCUT2D eigenvalue weighted by Crippen LogP contribution is -2.27. The van der Waals surface area contributed by atoms with E-state index in [4.69, 9.17) is 0 Å². The molecule has 1 aromatic rings. The second-order valence-electron chi connectivity index (χ2n) is 6.48. The van der Waals surface area contributed by atoms with Crippen LogP contribution in [0, 0.1) is 18.8 Å². The molecule has 1 aliphatic carbocycles. The summed E-state index contributed by atoms with van der Waals surface area (Å²) in [7, 11) is 1.86. The highest BCUT2D eigenvalue weighted by Crippen LogP contribution is 2.30. The minimum atomic E-state index is 0.0307. The Balaban J connectivity index is 1.84. The molecule has 0 aliphatic heterocycles. The van der Waals surface area contributed by atoms with E-state index >= 15 is 0 Å². The number of aryl methyl sites for hydroxylation is 1. The van der Waals surface area contributed by atoms with Crippen molar-refractivity contribution in [2.24, 2.45) is 11.8 Å². The van der Waals surface area contributed by atoms with E-state index in [1.165, 1.54) is 25.7 Å². The molecule has 1 saturated carbocycles. The third kappa shape index (κ3) is 4.48. The predicted octanol–water partition coefficient (Wildman–Crippen LogP) is 3.98. The summed E-state index contributed by atoms with van der Waals surface area (Å²) in [6.45, 7) is 5.16. The Morgan fingerprint density at radius 3 is 2.86 bits per heavy atom. The average Bonchev–Trinajstić information content (AvgIpc) is 2.47. The molecule has 2 N–H and O–H groups in total. The fourth-order valence-electron chi connectivity index (χ4n) is 3.37. The van der Waals surface area contributed by atoms with Gasteiger partial charge in [0.2, 0.25) is 0 Å². The molecule has 3 heteroatoms. The number of rotatable bonds is 5. The Hall–Kier alpha value is -1.51. The topological polar surface area (TPSA) is 41.1 Å². The molecule has 1 fully saturated rings. The quantitative estimate of drug-likeness (QED) is 0.860.